The number of hydrogen-bond donors (Lipinski definition) is 2. The van der Waals surface area contributed by atoms with E-state index in [0.29, 0.717) is 57.7 Å². The molecule has 0 unspecified atom stereocenters. The second-order valence-electron chi connectivity index (χ2n) is 8.20. The predicted octanol–water partition coefficient (Wildman–Crippen LogP) is 2.60. The lowest BCUT2D eigenvalue weighted by Crippen LogP contribution is -2.50. The molecule has 0 atom stereocenters. The number of piperazine rings is 1. The van der Waals surface area contributed by atoms with Crippen molar-refractivity contribution < 1.29 is 14.4 Å². The van der Waals surface area contributed by atoms with E-state index in [-0.39, 0.29) is 17.7 Å². The van der Waals surface area contributed by atoms with E-state index >= 15 is 0 Å². The summed E-state index contributed by atoms with van der Waals surface area (Å²) >= 11 is 0. The highest BCUT2D eigenvalue weighted by atomic mass is 16.2. The van der Waals surface area contributed by atoms with E-state index in [0.717, 1.165) is 16.8 Å². The number of nitrogens with zero attached hydrogens (tertiary/aromatic N) is 2. The number of aryl methyl sites for hydroxylation is 2. The van der Waals surface area contributed by atoms with Crippen molar-refractivity contribution in [1.82, 2.24) is 15.1 Å². The van der Waals surface area contributed by atoms with E-state index in [1.807, 2.05) is 55.1 Å². The Labute approximate surface area is 189 Å². The van der Waals surface area contributed by atoms with Crippen LogP contribution in [0.3, 0.4) is 0 Å². The molecule has 1 aliphatic heterocycles. The summed E-state index contributed by atoms with van der Waals surface area (Å²) in [5.74, 6) is -0.0549. The highest BCUT2D eigenvalue weighted by molar-refractivity contribution is 5.94. The number of carbonyl (C=O) groups excluding carboxylic acids is 3. The molecule has 0 saturated carbocycles. The lowest BCUT2D eigenvalue weighted by molar-refractivity contribution is -0.133. The maximum Gasteiger partial charge on any atom is 0.251 e. The molecular weight excluding hydrogens is 404 g/mol. The molecule has 1 saturated heterocycles. The number of hydrogen-bond acceptors (Lipinski definition) is 4. The number of anilines is 1. The second kappa shape index (κ2) is 11.4. The molecule has 1 aliphatic rings. The van der Waals surface area contributed by atoms with Crippen LogP contribution >= 0.6 is 0 Å². The number of benzene rings is 2. The summed E-state index contributed by atoms with van der Waals surface area (Å²) in [7, 11) is 0. The molecule has 0 radical (unpaired) electrons. The van der Waals surface area contributed by atoms with Crippen molar-refractivity contribution in [2.45, 2.75) is 26.7 Å². The van der Waals surface area contributed by atoms with Gasteiger partial charge in [-0.05, 0) is 43.5 Å². The Morgan fingerprint density at radius 2 is 1.53 bits per heavy atom. The Kier molecular flexibility index (Phi) is 8.39. The van der Waals surface area contributed by atoms with Crippen LogP contribution in [0.15, 0.2) is 48.5 Å². The van der Waals surface area contributed by atoms with Crippen LogP contribution in [0.25, 0.3) is 0 Å². The van der Waals surface area contributed by atoms with Gasteiger partial charge < -0.3 is 15.5 Å². The Balaban J connectivity index is 1.33. The van der Waals surface area contributed by atoms with Crippen molar-refractivity contribution in [2.75, 3.05) is 44.6 Å². The molecule has 1 fully saturated rings. The van der Waals surface area contributed by atoms with Gasteiger partial charge in [-0.15, -0.1) is 0 Å². The minimum atomic E-state index is -0.120. The van der Waals surface area contributed by atoms with Crippen molar-refractivity contribution >= 4 is 23.4 Å². The van der Waals surface area contributed by atoms with Gasteiger partial charge in [-0.3, -0.25) is 19.3 Å². The van der Waals surface area contributed by atoms with E-state index in [2.05, 4.69) is 15.5 Å². The maximum absolute atomic E-state index is 12.5. The molecule has 2 aromatic carbocycles. The van der Waals surface area contributed by atoms with Crippen LogP contribution in [0.4, 0.5) is 5.69 Å². The number of nitrogens with one attached hydrogen (secondary N) is 2. The normalized spacial score (nSPS) is 14.1. The van der Waals surface area contributed by atoms with E-state index < -0.39 is 0 Å². The van der Waals surface area contributed by atoms with Crippen LogP contribution in [-0.4, -0.2) is 66.8 Å². The summed E-state index contributed by atoms with van der Waals surface area (Å²) in [6.45, 7) is 7.35. The van der Waals surface area contributed by atoms with E-state index in [1.54, 1.807) is 12.1 Å². The van der Waals surface area contributed by atoms with Gasteiger partial charge in [0.25, 0.3) is 5.91 Å². The van der Waals surface area contributed by atoms with E-state index in [4.69, 9.17) is 0 Å². The average Bonchev–Trinajstić information content (AvgIpc) is 2.80. The number of amides is 3. The molecule has 7 heteroatoms. The first-order valence-electron chi connectivity index (χ1n) is 11.1. The summed E-state index contributed by atoms with van der Waals surface area (Å²) < 4.78 is 0. The minimum absolute atomic E-state index is 0.0312. The highest BCUT2D eigenvalue weighted by Crippen LogP contribution is 2.19. The van der Waals surface area contributed by atoms with Gasteiger partial charge in [0.05, 0.1) is 6.54 Å². The van der Waals surface area contributed by atoms with E-state index in [1.165, 1.54) is 0 Å². The van der Waals surface area contributed by atoms with Gasteiger partial charge in [0, 0.05) is 50.4 Å². The van der Waals surface area contributed by atoms with Gasteiger partial charge in [-0.2, -0.15) is 0 Å². The standard InChI is InChI=1S/C25H32N4O3/c1-19-8-6-9-20(2)24(19)27-22(30)18-28-14-16-29(17-15-28)23(31)12-7-13-26-25(32)21-10-4-3-5-11-21/h3-6,8-11H,7,12-18H2,1-2H3,(H,26,32)(H,27,30). The van der Waals surface area contributed by atoms with Gasteiger partial charge in [0.1, 0.15) is 0 Å². The van der Waals surface area contributed by atoms with Crippen molar-refractivity contribution in [1.29, 1.82) is 0 Å². The predicted molar refractivity (Wildman–Crippen MR) is 126 cm³/mol. The molecule has 7 nitrogen and oxygen atoms in total. The quantitative estimate of drug-likeness (QED) is 0.624. The third-order valence-corrected chi connectivity index (χ3v) is 5.73. The van der Waals surface area contributed by atoms with Crippen LogP contribution in [0.5, 0.6) is 0 Å². The van der Waals surface area contributed by atoms with Gasteiger partial charge in [0.15, 0.2) is 0 Å². The molecule has 2 aromatic rings. The SMILES string of the molecule is Cc1cccc(C)c1NC(=O)CN1CCN(C(=O)CCCNC(=O)c2ccccc2)CC1. The Hall–Kier alpha value is -3.19. The smallest absolute Gasteiger partial charge is 0.251 e. The molecule has 0 aromatic heterocycles. The van der Waals surface area contributed by atoms with Crippen molar-refractivity contribution in [2.24, 2.45) is 0 Å². The highest BCUT2D eigenvalue weighted by Gasteiger charge is 2.22. The maximum atomic E-state index is 12.5. The monoisotopic (exact) mass is 436 g/mol. The molecule has 170 valence electrons. The van der Waals surface area contributed by atoms with Crippen molar-refractivity contribution in [3.63, 3.8) is 0 Å². The minimum Gasteiger partial charge on any atom is -0.352 e. The molecule has 32 heavy (non-hydrogen) atoms. The van der Waals surface area contributed by atoms with Crippen LogP contribution < -0.4 is 10.6 Å². The van der Waals surface area contributed by atoms with Gasteiger partial charge >= 0.3 is 0 Å². The largest absolute Gasteiger partial charge is 0.352 e. The lowest BCUT2D eigenvalue weighted by atomic mass is 10.1. The van der Waals surface area contributed by atoms with Crippen molar-refractivity contribution in [3.8, 4) is 0 Å². The molecule has 0 bridgehead atoms. The van der Waals surface area contributed by atoms with Gasteiger partial charge in [-0.25, -0.2) is 0 Å². The fraction of sp³-hybridized carbons (Fsp3) is 0.400. The molecule has 2 N–H and O–H groups in total. The van der Waals surface area contributed by atoms with Crippen LogP contribution in [-0.2, 0) is 9.59 Å². The number of para-hydroxylation sites is 1. The summed E-state index contributed by atoms with van der Waals surface area (Å²) in [5, 5.41) is 5.87. The number of rotatable bonds is 8. The second-order valence-corrected chi connectivity index (χ2v) is 8.20. The summed E-state index contributed by atoms with van der Waals surface area (Å²) in [4.78, 5) is 40.9. The third-order valence-electron chi connectivity index (χ3n) is 5.73. The summed E-state index contributed by atoms with van der Waals surface area (Å²) in [6, 6.07) is 15.0. The van der Waals surface area contributed by atoms with Crippen LogP contribution in [0.1, 0.15) is 34.3 Å². The molecule has 3 amide bonds. The topological polar surface area (TPSA) is 81.8 Å². The zero-order valence-electron chi connectivity index (χ0n) is 18.9. The molecule has 3 rings (SSSR count). The first-order chi connectivity index (χ1) is 15.4. The Bertz CT molecular complexity index is 917. The molecular formula is C25H32N4O3. The summed E-state index contributed by atoms with van der Waals surface area (Å²) in [6.07, 6.45) is 1.01. The third kappa shape index (κ3) is 6.65. The zero-order chi connectivity index (χ0) is 22.9. The van der Waals surface area contributed by atoms with E-state index in [9.17, 15) is 14.4 Å². The van der Waals surface area contributed by atoms with Gasteiger partial charge in [-0.1, -0.05) is 36.4 Å². The lowest BCUT2D eigenvalue weighted by Gasteiger charge is -2.34. The van der Waals surface area contributed by atoms with Crippen LogP contribution in [0.2, 0.25) is 0 Å². The first kappa shape index (κ1) is 23.5. The Morgan fingerprint density at radius 3 is 2.19 bits per heavy atom. The zero-order valence-corrected chi connectivity index (χ0v) is 18.9. The Morgan fingerprint density at radius 1 is 0.875 bits per heavy atom. The average molecular weight is 437 g/mol. The molecule has 0 spiro atoms. The van der Waals surface area contributed by atoms with Gasteiger partial charge in [0.2, 0.25) is 11.8 Å². The fourth-order valence-corrected chi connectivity index (χ4v) is 3.84. The first-order valence-corrected chi connectivity index (χ1v) is 11.1. The molecule has 1 heterocycles. The molecule has 0 aliphatic carbocycles. The number of carbonyl (C=O) groups is 3. The van der Waals surface area contributed by atoms with Crippen molar-refractivity contribution in [3.05, 3.63) is 65.2 Å². The fourth-order valence-electron chi connectivity index (χ4n) is 3.84. The summed E-state index contributed by atoms with van der Waals surface area (Å²) in [5.41, 5.74) is 3.60. The van der Waals surface area contributed by atoms with Crippen LogP contribution in [0, 0.1) is 13.8 Å².